The summed E-state index contributed by atoms with van der Waals surface area (Å²) in [5, 5.41) is 0. The van der Waals surface area contributed by atoms with E-state index < -0.39 is 0 Å². The minimum absolute atomic E-state index is 0. The van der Waals surface area contributed by atoms with Crippen LogP contribution in [0.5, 0.6) is 0 Å². The first-order valence-corrected chi connectivity index (χ1v) is 32.5. The molecule has 0 aliphatic rings. The normalized spacial score (nSPS) is 11.4. The molecule has 0 unspecified atom stereocenters. The van der Waals surface area contributed by atoms with Gasteiger partial charge in [-0.2, -0.15) is 0 Å². The van der Waals surface area contributed by atoms with Gasteiger partial charge in [-0.1, -0.05) is 301 Å². The quantitative estimate of drug-likeness (QED) is 0.0273. The SMILES string of the molecule is CCCCCCCCCCCCCCCCCCCCCC#CCCCc1ccccc1N=CC(CCCCC)=Nc1ccccc1CCCC#CCCCCCCCCCCCCCCCCCCCCC.[Ni]. The molecule has 0 radical (unpaired) electrons. The number of hydrogen-bond acceptors (Lipinski definition) is 2. The van der Waals surface area contributed by atoms with Gasteiger partial charge < -0.3 is 0 Å². The summed E-state index contributed by atoms with van der Waals surface area (Å²) in [4.78, 5) is 10.3. The van der Waals surface area contributed by atoms with Crippen molar-refractivity contribution in [1.29, 1.82) is 0 Å². The van der Waals surface area contributed by atoms with E-state index in [9.17, 15) is 0 Å². The first-order valence-electron chi connectivity index (χ1n) is 32.5. The Morgan fingerprint density at radius 2 is 0.595 bits per heavy atom. The summed E-state index contributed by atoms with van der Waals surface area (Å²) in [6, 6.07) is 17.4. The van der Waals surface area contributed by atoms with Gasteiger partial charge in [-0.05, 0) is 74.6 Å². The topological polar surface area (TPSA) is 24.7 Å². The molecule has 0 aromatic heterocycles. The van der Waals surface area contributed by atoms with Gasteiger partial charge in [0.2, 0.25) is 0 Å². The molecule has 3 heteroatoms. The molecule has 0 fully saturated rings. The van der Waals surface area contributed by atoms with Crippen LogP contribution >= 0.6 is 0 Å². The molecule has 0 saturated heterocycles. The fourth-order valence-electron chi connectivity index (χ4n) is 10.4. The van der Waals surface area contributed by atoms with Crippen molar-refractivity contribution in [3.8, 4) is 23.7 Å². The Morgan fingerprint density at radius 3 is 0.946 bits per heavy atom. The average Bonchev–Trinajstić information content (AvgIpc) is 3.41. The summed E-state index contributed by atoms with van der Waals surface area (Å²) in [6.45, 7) is 6.88. The van der Waals surface area contributed by atoms with Crippen LogP contribution in [0.15, 0.2) is 58.5 Å². The van der Waals surface area contributed by atoms with Crippen molar-refractivity contribution in [2.45, 2.75) is 342 Å². The molecule has 2 aromatic rings. The number of benzene rings is 2. The van der Waals surface area contributed by atoms with Crippen LogP contribution < -0.4 is 0 Å². The third kappa shape index (κ3) is 44.5. The van der Waals surface area contributed by atoms with Gasteiger partial charge in [0.15, 0.2) is 0 Å². The van der Waals surface area contributed by atoms with Crippen molar-refractivity contribution in [3.05, 3.63) is 59.7 Å². The number of aryl methyl sites for hydroxylation is 2. The number of aliphatic imine (C=N–C) groups is 2. The molecule has 0 atom stereocenters. The molecule has 0 amide bonds. The number of rotatable bonds is 51. The molecule has 0 spiro atoms. The summed E-state index contributed by atoms with van der Waals surface area (Å²) in [5.74, 6) is 13.9. The van der Waals surface area contributed by atoms with Crippen LogP contribution in [-0.2, 0) is 29.3 Å². The van der Waals surface area contributed by atoms with E-state index in [1.807, 2.05) is 0 Å². The maximum atomic E-state index is 5.26. The minimum atomic E-state index is 0. The minimum Gasteiger partial charge on any atom is -0.255 e. The van der Waals surface area contributed by atoms with Crippen molar-refractivity contribution in [1.82, 2.24) is 0 Å². The third-order valence-corrected chi connectivity index (χ3v) is 15.2. The Hall–Kier alpha value is -2.61. The average molecular weight is 1060 g/mol. The predicted molar refractivity (Wildman–Crippen MR) is 330 cm³/mol. The van der Waals surface area contributed by atoms with Crippen LogP contribution in [0.3, 0.4) is 0 Å². The smallest absolute Gasteiger partial charge is 0.0665 e. The van der Waals surface area contributed by atoms with Crippen molar-refractivity contribution in [3.63, 3.8) is 0 Å². The van der Waals surface area contributed by atoms with Gasteiger partial charge in [0.05, 0.1) is 17.1 Å². The van der Waals surface area contributed by atoms with Crippen molar-refractivity contribution in [2.75, 3.05) is 0 Å². The zero-order chi connectivity index (χ0) is 51.8. The Labute approximate surface area is 472 Å². The summed E-state index contributed by atoms with van der Waals surface area (Å²) in [7, 11) is 0. The van der Waals surface area contributed by atoms with E-state index in [1.165, 1.54) is 268 Å². The summed E-state index contributed by atoms with van der Waals surface area (Å²) in [6.07, 6.45) is 68.9. The molecule has 2 nitrogen and oxygen atoms in total. The van der Waals surface area contributed by atoms with E-state index in [-0.39, 0.29) is 16.5 Å². The second-order valence-electron chi connectivity index (χ2n) is 22.2. The van der Waals surface area contributed by atoms with Crippen molar-refractivity contribution in [2.24, 2.45) is 9.98 Å². The zero-order valence-corrected chi connectivity index (χ0v) is 50.2. The maximum Gasteiger partial charge on any atom is 0.0665 e. The Morgan fingerprint density at radius 1 is 0.324 bits per heavy atom. The van der Waals surface area contributed by atoms with Crippen molar-refractivity contribution < 1.29 is 16.5 Å². The van der Waals surface area contributed by atoms with Gasteiger partial charge in [-0.15, -0.1) is 23.7 Å². The fraction of sp³-hybridized carbons (Fsp3) is 0.746. The molecule has 0 aliphatic carbocycles. The van der Waals surface area contributed by atoms with Gasteiger partial charge >= 0.3 is 0 Å². The Kier molecular flexibility index (Phi) is 53.1. The van der Waals surface area contributed by atoms with E-state index in [0.717, 1.165) is 81.3 Å². The fourth-order valence-corrected chi connectivity index (χ4v) is 10.4. The first-order chi connectivity index (χ1) is 36.3. The van der Waals surface area contributed by atoms with E-state index >= 15 is 0 Å². The second kappa shape index (κ2) is 56.6. The largest absolute Gasteiger partial charge is 0.255 e. The molecule has 2 aromatic carbocycles. The molecule has 422 valence electrons. The van der Waals surface area contributed by atoms with Gasteiger partial charge in [-0.25, -0.2) is 0 Å². The van der Waals surface area contributed by atoms with Gasteiger partial charge in [0, 0.05) is 48.4 Å². The van der Waals surface area contributed by atoms with Crippen LogP contribution in [0.4, 0.5) is 11.4 Å². The number of para-hydroxylation sites is 2. The molecular formula is C71H118N2Ni. The summed E-state index contributed by atoms with van der Waals surface area (Å²) >= 11 is 0. The van der Waals surface area contributed by atoms with Crippen LogP contribution in [0.1, 0.15) is 340 Å². The van der Waals surface area contributed by atoms with Crippen LogP contribution in [-0.4, -0.2) is 11.9 Å². The first kappa shape index (κ1) is 69.4. The van der Waals surface area contributed by atoms with Crippen LogP contribution in [0.2, 0.25) is 0 Å². The number of nitrogens with zero attached hydrogens (tertiary/aromatic N) is 2. The predicted octanol–water partition coefficient (Wildman–Crippen LogP) is 24.0. The molecular weight excluding hydrogens is 939 g/mol. The second-order valence-corrected chi connectivity index (χ2v) is 22.2. The molecule has 74 heavy (non-hydrogen) atoms. The van der Waals surface area contributed by atoms with Crippen LogP contribution in [0, 0.1) is 23.7 Å². The number of hydrogen-bond donors (Lipinski definition) is 0. The summed E-state index contributed by atoms with van der Waals surface area (Å²) in [5.41, 5.74) is 5.87. The Balaban J connectivity index is 0.0000274. The molecule has 0 bridgehead atoms. The van der Waals surface area contributed by atoms with E-state index in [4.69, 9.17) is 9.98 Å². The standard InChI is InChI=1S/C71H118N2.Ni/c1-4-7-10-12-14-16-18-20-22-24-26-28-30-32-34-36-38-40-42-44-46-48-50-53-59-67-61-55-57-64-70(67)72-66-69(63-52-9-6-3)73-71-65-58-56-62-68(71)60-54-51-49-47-45-43-41-39-37-35-33-31-29-27-25-23-21-19-17-15-13-11-8-5-2;/h55-58,61-62,64-66H,4-45,50-54,59-60,63H2,1-3H3;. The monoisotopic (exact) mass is 1060 g/mol. The van der Waals surface area contributed by atoms with Gasteiger partial charge in [-0.3, -0.25) is 9.98 Å². The van der Waals surface area contributed by atoms with E-state index in [0.29, 0.717) is 0 Å². The van der Waals surface area contributed by atoms with Crippen LogP contribution in [0.25, 0.3) is 0 Å². The number of unbranched alkanes of at least 4 members (excludes halogenated alkanes) is 42. The molecule has 0 saturated carbocycles. The van der Waals surface area contributed by atoms with Gasteiger partial charge in [0.25, 0.3) is 0 Å². The Bertz CT molecular complexity index is 1680. The van der Waals surface area contributed by atoms with Crippen molar-refractivity contribution >= 4 is 23.3 Å². The molecule has 0 heterocycles. The maximum absolute atomic E-state index is 5.26. The zero-order valence-electron chi connectivity index (χ0n) is 49.3. The molecule has 2 rings (SSSR count). The third-order valence-electron chi connectivity index (χ3n) is 15.2. The van der Waals surface area contributed by atoms with E-state index in [1.54, 1.807) is 0 Å². The van der Waals surface area contributed by atoms with Gasteiger partial charge in [0.1, 0.15) is 0 Å². The molecule has 0 aliphatic heterocycles. The van der Waals surface area contributed by atoms with E-state index in [2.05, 4.69) is 99.2 Å². The molecule has 0 N–H and O–H groups in total. The summed E-state index contributed by atoms with van der Waals surface area (Å²) < 4.78 is 0.